The molecule has 284 valence electrons. The minimum atomic E-state index is -4.05. The molecule has 1 saturated heterocycles. The lowest BCUT2D eigenvalue weighted by atomic mass is 10.0. The van der Waals surface area contributed by atoms with Crippen LogP contribution in [0.15, 0.2) is 94.6 Å². The van der Waals surface area contributed by atoms with Gasteiger partial charge in [-0.2, -0.15) is 10.4 Å². The normalized spacial score (nSPS) is 14.6. The van der Waals surface area contributed by atoms with E-state index in [4.69, 9.17) is 5.26 Å². The minimum Gasteiger partial charge on any atom is -0.384 e. The number of nitrogens with one attached hydrogen (secondary N) is 3. The van der Waals surface area contributed by atoms with Gasteiger partial charge in [-0.25, -0.2) is 17.9 Å². The number of amides is 2. The molecule has 55 heavy (non-hydrogen) atoms. The van der Waals surface area contributed by atoms with Crippen LogP contribution in [0.25, 0.3) is 10.8 Å². The summed E-state index contributed by atoms with van der Waals surface area (Å²) in [4.78, 5) is 42.1. The number of aromatic nitrogens is 2. The Hall–Kier alpha value is -5.95. The molecule has 4 aromatic carbocycles. The van der Waals surface area contributed by atoms with E-state index in [1.165, 1.54) is 30.3 Å². The maximum atomic E-state index is 14.9. The van der Waals surface area contributed by atoms with E-state index < -0.39 is 38.8 Å². The fraction of sp³-hybridized carbons (Fsp3) is 0.275. The van der Waals surface area contributed by atoms with Crippen LogP contribution in [0.1, 0.15) is 39.7 Å². The number of nitrogens with zero attached hydrogens (tertiary/aromatic N) is 4. The number of carbonyl (C=O) groups is 2. The number of sulfone groups is 1. The lowest BCUT2D eigenvalue weighted by molar-refractivity contribution is -0.130. The Balaban J connectivity index is 0.974. The van der Waals surface area contributed by atoms with Gasteiger partial charge in [-0.15, -0.1) is 0 Å². The van der Waals surface area contributed by atoms with E-state index in [0.29, 0.717) is 90.2 Å². The molecule has 15 heteroatoms. The predicted molar refractivity (Wildman–Crippen MR) is 206 cm³/mol. The summed E-state index contributed by atoms with van der Waals surface area (Å²) in [5, 5.41) is 33.6. The standard InChI is InChI=1S/C40H40FN7O6S/c1-26-21-30(9-8-28(26)24-42)44-39(51)40(2,52)25-55(53,54)31-12-10-29(11-13-31)43-15-16-47-17-19-48(20-18-47)38(50)34-22-27(7-14-35(34)41)23-36-32-5-3-4-6-33(32)37(49)46-45-36/h3-14,21-22,43,52H,15-20,23,25H2,1-2H3,(H,44,51)(H,46,49)/t40-/m0/s1. The van der Waals surface area contributed by atoms with Crippen molar-refractivity contribution in [2.75, 3.05) is 55.7 Å². The van der Waals surface area contributed by atoms with Crippen LogP contribution in [0.2, 0.25) is 0 Å². The number of carbonyl (C=O) groups excluding carboxylic acids is 2. The summed E-state index contributed by atoms with van der Waals surface area (Å²) >= 11 is 0. The van der Waals surface area contributed by atoms with E-state index in [1.54, 1.807) is 54.3 Å². The summed E-state index contributed by atoms with van der Waals surface area (Å²) in [5.74, 6) is -2.73. The van der Waals surface area contributed by atoms with Crippen molar-refractivity contribution in [3.05, 3.63) is 129 Å². The number of aryl methyl sites for hydroxylation is 1. The third kappa shape index (κ3) is 9.06. The molecule has 2 amide bonds. The van der Waals surface area contributed by atoms with Gasteiger partial charge < -0.3 is 20.6 Å². The molecule has 1 fully saturated rings. The Labute approximate surface area is 317 Å². The Morgan fingerprint density at radius 2 is 1.67 bits per heavy atom. The van der Waals surface area contributed by atoms with E-state index in [2.05, 4.69) is 25.7 Å². The van der Waals surface area contributed by atoms with Crippen LogP contribution in [0.4, 0.5) is 15.8 Å². The zero-order valence-electron chi connectivity index (χ0n) is 30.3. The van der Waals surface area contributed by atoms with Crippen LogP contribution in [0.5, 0.6) is 0 Å². The molecule has 0 unspecified atom stereocenters. The summed E-state index contributed by atoms with van der Waals surface area (Å²) in [7, 11) is -4.05. The topological polar surface area (TPSA) is 189 Å². The smallest absolute Gasteiger partial charge is 0.272 e. The highest BCUT2D eigenvalue weighted by Gasteiger charge is 2.37. The van der Waals surface area contributed by atoms with Crippen molar-refractivity contribution in [2.24, 2.45) is 0 Å². The lowest BCUT2D eigenvalue weighted by Crippen LogP contribution is -2.49. The highest BCUT2D eigenvalue weighted by atomic mass is 32.2. The van der Waals surface area contributed by atoms with Gasteiger partial charge in [0.15, 0.2) is 15.4 Å². The quantitative estimate of drug-likeness (QED) is 0.145. The minimum absolute atomic E-state index is 0.0168. The largest absolute Gasteiger partial charge is 0.384 e. The molecule has 1 aliphatic heterocycles. The molecule has 0 saturated carbocycles. The molecule has 4 N–H and O–H groups in total. The van der Waals surface area contributed by atoms with E-state index in [0.717, 1.165) is 6.92 Å². The van der Waals surface area contributed by atoms with Crippen molar-refractivity contribution < 1.29 is 27.5 Å². The van der Waals surface area contributed by atoms with Crippen molar-refractivity contribution >= 4 is 43.8 Å². The Morgan fingerprint density at radius 1 is 0.982 bits per heavy atom. The third-order valence-electron chi connectivity index (χ3n) is 9.60. The SMILES string of the molecule is Cc1cc(NC(=O)[C@@](C)(O)CS(=O)(=O)c2ccc(NCCN3CCN(C(=O)c4cc(Cc5n[nH]c(=O)c6ccccc56)ccc4F)CC3)cc2)ccc1C#N. The number of halogens is 1. The Kier molecular flexibility index (Phi) is 11.4. The molecule has 0 radical (unpaired) electrons. The number of hydrogen-bond acceptors (Lipinski definition) is 10. The van der Waals surface area contributed by atoms with Gasteiger partial charge in [-0.3, -0.25) is 19.3 Å². The number of rotatable bonds is 12. The van der Waals surface area contributed by atoms with Crippen LogP contribution in [0, 0.1) is 24.1 Å². The van der Waals surface area contributed by atoms with Gasteiger partial charge in [-0.05, 0) is 85.6 Å². The van der Waals surface area contributed by atoms with Gasteiger partial charge in [0, 0.05) is 62.5 Å². The molecule has 0 bridgehead atoms. The average molecular weight is 766 g/mol. The van der Waals surface area contributed by atoms with E-state index >= 15 is 0 Å². The fourth-order valence-electron chi connectivity index (χ4n) is 6.48. The fourth-order valence-corrected chi connectivity index (χ4v) is 8.07. The third-order valence-corrected chi connectivity index (χ3v) is 11.5. The molecule has 13 nitrogen and oxygen atoms in total. The van der Waals surface area contributed by atoms with Crippen molar-refractivity contribution in [1.29, 1.82) is 5.26 Å². The molecular weight excluding hydrogens is 726 g/mol. The van der Waals surface area contributed by atoms with Crippen LogP contribution < -0.4 is 16.2 Å². The van der Waals surface area contributed by atoms with E-state index in [1.807, 2.05) is 18.2 Å². The number of piperazine rings is 1. The summed E-state index contributed by atoms with van der Waals surface area (Å²) in [6.07, 6.45) is 0.305. The average Bonchev–Trinajstić information content (AvgIpc) is 3.16. The van der Waals surface area contributed by atoms with Crippen LogP contribution in [0.3, 0.4) is 0 Å². The van der Waals surface area contributed by atoms with Gasteiger partial charge in [0.1, 0.15) is 5.82 Å². The second-order valence-electron chi connectivity index (χ2n) is 13.7. The highest BCUT2D eigenvalue weighted by molar-refractivity contribution is 7.91. The molecule has 1 aliphatic rings. The molecule has 2 heterocycles. The molecule has 1 atom stereocenters. The number of anilines is 2. The monoisotopic (exact) mass is 765 g/mol. The molecule has 5 aromatic rings. The van der Waals surface area contributed by atoms with Crippen molar-refractivity contribution in [3.8, 4) is 6.07 Å². The summed E-state index contributed by atoms with van der Waals surface area (Å²) < 4.78 is 41.2. The maximum absolute atomic E-state index is 14.9. The maximum Gasteiger partial charge on any atom is 0.272 e. The van der Waals surface area contributed by atoms with Crippen molar-refractivity contribution in [1.82, 2.24) is 20.0 Å². The van der Waals surface area contributed by atoms with Gasteiger partial charge in [0.05, 0.1) is 38.9 Å². The Morgan fingerprint density at radius 3 is 2.36 bits per heavy atom. The van der Waals surface area contributed by atoms with Crippen LogP contribution >= 0.6 is 0 Å². The number of aliphatic hydroxyl groups is 1. The summed E-state index contributed by atoms with van der Waals surface area (Å²) in [5.41, 5.74) is 0.827. The summed E-state index contributed by atoms with van der Waals surface area (Å²) in [6.45, 7) is 6.00. The number of fused-ring (bicyclic) bond motifs is 1. The summed E-state index contributed by atoms with van der Waals surface area (Å²) in [6, 6.07) is 24.2. The number of benzene rings is 4. The molecular formula is C40H40FN7O6S. The zero-order chi connectivity index (χ0) is 39.3. The highest BCUT2D eigenvalue weighted by Crippen LogP contribution is 2.23. The number of H-pyrrole nitrogens is 1. The van der Waals surface area contributed by atoms with Gasteiger partial charge in [-0.1, -0.05) is 24.3 Å². The molecule has 6 rings (SSSR count). The number of aromatic amines is 1. The van der Waals surface area contributed by atoms with Crippen LogP contribution in [-0.4, -0.2) is 96.0 Å². The van der Waals surface area contributed by atoms with Gasteiger partial charge in [0.25, 0.3) is 17.4 Å². The first kappa shape index (κ1) is 38.8. The predicted octanol–water partition coefficient (Wildman–Crippen LogP) is 3.87. The van der Waals surface area contributed by atoms with Gasteiger partial charge >= 0.3 is 0 Å². The number of nitriles is 1. The van der Waals surface area contributed by atoms with Crippen molar-refractivity contribution in [2.45, 2.75) is 30.8 Å². The van der Waals surface area contributed by atoms with Crippen molar-refractivity contribution in [3.63, 3.8) is 0 Å². The zero-order valence-corrected chi connectivity index (χ0v) is 31.1. The first-order chi connectivity index (χ1) is 26.2. The number of hydrogen-bond donors (Lipinski definition) is 4. The Bertz CT molecular complexity index is 2460. The first-order valence-electron chi connectivity index (χ1n) is 17.6. The first-order valence-corrected chi connectivity index (χ1v) is 19.3. The van der Waals surface area contributed by atoms with E-state index in [-0.39, 0.29) is 16.0 Å². The molecule has 0 aliphatic carbocycles. The lowest BCUT2D eigenvalue weighted by Gasteiger charge is -2.35. The van der Waals surface area contributed by atoms with E-state index in [9.17, 15) is 32.3 Å². The molecule has 0 spiro atoms. The molecule has 1 aromatic heterocycles. The van der Waals surface area contributed by atoms with Crippen LogP contribution in [-0.2, 0) is 21.1 Å². The second-order valence-corrected chi connectivity index (χ2v) is 15.7. The second kappa shape index (κ2) is 16.2. The van der Waals surface area contributed by atoms with Gasteiger partial charge in [0.2, 0.25) is 0 Å².